The van der Waals surface area contributed by atoms with Gasteiger partial charge in [-0.05, 0) is 43.6 Å². The minimum Gasteiger partial charge on any atom is -0.485 e. The van der Waals surface area contributed by atoms with E-state index in [9.17, 15) is 12.8 Å². The summed E-state index contributed by atoms with van der Waals surface area (Å²) in [5, 5.41) is 0. The molecule has 2 aromatic rings. The van der Waals surface area contributed by atoms with Gasteiger partial charge in [0.2, 0.25) is 0 Å². The highest BCUT2D eigenvalue weighted by Crippen LogP contribution is 2.35. The van der Waals surface area contributed by atoms with E-state index in [4.69, 9.17) is 9.29 Å². The van der Waals surface area contributed by atoms with Crippen LogP contribution in [0.4, 0.5) is 4.39 Å². The van der Waals surface area contributed by atoms with Crippen molar-refractivity contribution in [3.8, 4) is 5.75 Å². The molecule has 0 radical (unpaired) electrons. The maximum Gasteiger partial charge on any atom is 0.278 e. The van der Waals surface area contributed by atoms with Crippen LogP contribution in [0.15, 0.2) is 54.6 Å². The van der Waals surface area contributed by atoms with E-state index in [0.29, 0.717) is 18.8 Å². The molecule has 0 unspecified atom stereocenters. The minimum atomic E-state index is -4.01. The van der Waals surface area contributed by atoms with Gasteiger partial charge in [-0.1, -0.05) is 36.4 Å². The van der Waals surface area contributed by atoms with E-state index in [2.05, 4.69) is 0 Å². The quantitative estimate of drug-likeness (QED) is 0.778. The third kappa shape index (κ3) is 5.27. The second kappa shape index (κ2) is 8.16. The monoisotopic (exact) mass is 379 g/mol. The predicted octanol–water partition coefficient (Wildman–Crippen LogP) is 3.50. The number of halogens is 1. The van der Waals surface area contributed by atoms with Gasteiger partial charge in [-0.2, -0.15) is 8.42 Å². The van der Waals surface area contributed by atoms with Crippen molar-refractivity contribution in [2.75, 3.05) is 19.0 Å². The first-order valence-electron chi connectivity index (χ1n) is 8.55. The van der Waals surface area contributed by atoms with Gasteiger partial charge in [0.25, 0.3) is 10.1 Å². The standard InChI is InChI=1S/C19H22FNO4S/c20-17-7-4-8-18(13-17)25-19(15-5-2-1-3-6-15)16-9-11-21(12-10-16)14-26(22,23)24/h1-8,13,16,19H,9-12,14H2,(H,22,23,24)/t19-/m0/s1. The fourth-order valence-electron chi connectivity index (χ4n) is 3.38. The summed E-state index contributed by atoms with van der Waals surface area (Å²) in [6.45, 7) is 1.11. The van der Waals surface area contributed by atoms with Crippen LogP contribution in [0, 0.1) is 11.7 Å². The molecule has 0 aliphatic carbocycles. The lowest BCUT2D eigenvalue weighted by molar-refractivity contribution is 0.0817. The third-order valence-electron chi connectivity index (χ3n) is 4.59. The highest BCUT2D eigenvalue weighted by Gasteiger charge is 2.30. The highest BCUT2D eigenvalue weighted by atomic mass is 32.2. The molecule has 140 valence electrons. The van der Waals surface area contributed by atoms with Crippen LogP contribution < -0.4 is 4.74 Å². The Labute approximate surface area is 153 Å². The zero-order chi connectivity index (χ0) is 18.6. The maximum absolute atomic E-state index is 13.5. The van der Waals surface area contributed by atoms with Gasteiger partial charge >= 0.3 is 0 Å². The van der Waals surface area contributed by atoms with E-state index in [1.165, 1.54) is 12.1 Å². The van der Waals surface area contributed by atoms with Crippen molar-refractivity contribution < 1.29 is 22.1 Å². The van der Waals surface area contributed by atoms with Crippen LogP contribution in [0.25, 0.3) is 0 Å². The molecule has 5 nitrogen and oxygen atoms in total. The van der Waals surface area contributed by atoms with E-state index in [0.717, 1.165) is 18.4 Å². The van der Waals surface area contributed by atoms with Gasteiger partial charge in [0.1, 0.15) is 23.5 Å². The summed E-state index contributed by atoms with van der Waals surface area (Å²) in [6.07, 6.45) is 1.21. The molecule has 0 bridgehead atoms. The maximum atomic E-state index is 13.5. The zero-order valence-electron chi connectivity index (χ0n) is 14.3. The molecule has 1 atom stereocenters. The van der Waals surface area contributed by atoms with Crippen molar-refractivity contribution in [2.45, 2.75) is 18.9 Å². The molecule has 1 aliphatic rings. The molecule has 26 heavy (non-hydrogen) atoms. The average molecular weight is 379 g/mol. The van der Waals surface area contributed by atoms with E-state index >= 15 is 0 Å². The number of rotatable bonds is 6. The molecule has 0 aromatic heterocycles. The number of hydrogen-bond acceptors (Lipinski definition) is 4. The summed E-state index contributed by atoms with van der Waals surface area (Å²) in [5.41, 5.74) is 1.00. The first-order chi connectivity index (χ1) is 12.4. The molecule has 1 heterocycles. The van der Waals surface area contributed by atoms with Crippen LogP contribution in [0.5, 0.6) is 5.75 Å². The van der Waals surface area contributed by atoms with Crippen LogP contribution >= 0.6 is 0 Å². The Morgan fingerprint density at radius 2 is 1.81 bits per heavy atom. The lowest BCUT2D eigenvalue weighted by Gasteiger charge is -2.35. The van der Waals surface area contributed by atoms with Gasteiger partial charge in [-0.3, -0.25) is 9.45 Å². The van der Waals surface area contributed by atoms with Crippen LogP contribution in [0.2, 0.25) is 0 Å². The molecule has 3 rings (SSSR count). The number of benzene rings is 2. The van der Waals surface area contributed by atoms with E-state index in [1.807, 2.05) is 30.3 Å². The van der Waals surface area contributed by atoms with Gasteiger partial charge in [0, 0.05) is 12.0 Å². The van der Waals surface area contributed by atoms with Crippen LogP contribution in [0.3, 0.4) is 0 Å². The zero-order valence-corrected chi connectivity index (χ0v) is 15.1. The Balaban J connectivity index is 1.74. The molecule has 1 aliphatic heterocycles. The normalized spacial score (nSPS) is 17.8. The van der Waals surface area contributed by atoms with Gasteiger partial charge in [0.05, 0.1) is 0 Å². The Morgan fingerprint density at radius 3 is 2.42 bits per heavy atom. The van der Waals surface area contributed by atoms with Crippen molar-refractivity contribution in [3.63, 3.8) is 0 Å². The minimum absolute atomic E-state index is 0.165. The summed E-state index contributed by atoms with van der Waals surface area (Å²) in [4.78, 5) is 1.72. The summed E-state index contributed by atoms with van der Waals surface area (Å²) in [6, 6.07) is 15.8. The van der Waals surface area contributed by atoms with Gasteiger partial charge < -0.3 is 4.74 Å². The smallest absolute Gasteiger partial charge is 0.278 e. The van der Waals surface area contributed by atoms with Crippen LogP contribution in [-0.2, 0) is 10.1 Å². The van der Waals surface area contributed by atoms with Crippen LogP contribution in [-0.4, -0.2) is 36.8 Å². The molecule has 0 spiro atoms. The SMILES string of the molecule is O=S(=O)(O)CN1CCC([C@@H](Oc2cccc(F)c2)c2ccccc2)CC1. The molecule has 1 N–H and O–H groups in total. The second-order valence-corrected chi connectivity index (χ2v) is 8.00. The number of piperidine rings is 1. The molecular formula is C19H22FNO4S. The lowest BCUT2D eigenvalue weighted by Crippen LogP contribution is -2.39. The summed E-state index contributed by atoms with van der Waals surface area (Å²) >= 11 is 0. The van der Waals surface area contributed by atoms with Gasteiger partial charge in [-0.15, -0.1) is 0 Å². The lowest BCUT2D eigenvalue weighted by atomic mass is 9.87. The Kier molecular flexibility index (Phi) is 5.90. The summed E-state index contributed by atoms with van der Waals surface area (Å²) < 4.78 is 50.8. The predicted molar refractivity (Wildman–Crippen MR) is 96.9 cm³/mol. The van der Waals surface area contributed by atoms with Crippen molar-refractivity contribution in [3.05, 3.63) is 66.0 Å². The largest absolute Gasteiger partial charge is 0.485 e. The fourth-order valence-corrected chi connectivity index (χ4v) is 4.10. The highest BCUT2D eigenvalue weighted by molar-refractivity contribution is 7.85. The van der Waals surface area contributed by atoms with Crippen molar-refractivity contribution >= 4 is 10.1 Å². The number of ether oxygens (including phenoxy) is 1. The summed E-state index contributed by atoms with van der Waals surface area (Å²) in [5.74, 6) is -0.0599. The molecule has 1 saturated heterocycles. The fraction of sp³-hybridized carbons (Fsp3) is 0.368. The Morgan fingerprint density at radius 1 is 1.12 bits per heavy atom. The molecule has 7 heteroatoms. The molecule has 1 fully saturated rings. The van der Waals surface area contributed by atoms with Crippen molar-refractivity contribution in [1.82, 2.24) is 4.90 Å². The third-order valence-corrected chi connectivity index (χ3v) is 5.28. The number of hydrogen-bond donors (Lipinski definition) is 1. The Hall–Kier alpha value is -1.96. The topological polar surface area (TPSA) is 66.8 Å². The van der Waals surface area contributed by atoms with Gasteiger partial charge in [0.15, 0.2) is 0 Å². The van der Waals surface area contributed by atoms with Crippen LogP contribution in [0.1, 0.15) is 24.5 Å². The van der Waals surface area contributed by atoms with E-state index < -0.39 is 10.1 Å². The molecule has 2 aromatic carbocycles. The van der Waals surface area contributed by atoms with Gasteiger partial charge in [-0.25, -0.2) is 4.39 Å². The van der Waals surface area contributed by atoms with E-state index in [1.54, 1.807) is 17.0 Å². The number of likely N-dealkylation sites (tertiary alicyclic amines) is 1. The molecular weight excluding hydrogens is 357 g/mol. The second-order valence-electron chi connectivity index (χ2n) is 6.57. The summed E-state index contributed by atoms with van der Waals surface area (Å²) in [7, 11) is -4.01. The van der Waals surface area contributed by atoms with Crippen molar-refractivity contribution in [1.29, 1.82) is 0 Å². The van der Waals surface area contributed by atoms with E-state index in [-0.39, 0.29) is 23.7 Å². The average Bonchev–Trinajstić information content (AvgIpc) is 2.60. The first-order valence-corrected chi connectivity index (χ1v) is 10.2. The Bertz CT molecular complexity index is 820. The molecule has 0 amide bonds. The molecule has 0 saturated carbocycles. The first kappa shape index (κ1) is 18.8. The number of nitrogens with zero attached hydrogens (tertiary/aromatic N) is 1. The van der Waals surface area contributed by atoms with Crippen molar-refractivity contribution in [2.24, 2.45) is 5.92 Å².